The van der Waals surface area contributed by atoms with Crippen molar-refractivity contribution in [3.63, 3.8) is 0 Å². The first-order chi connectivity index (χ1) is 14.8. The third-order valence-electron chi connectivity index (χ3n) is 5.41. The van der Waals surface area contributed by atoms with Crippen LogP contribution in [0.25, 0.3) is 0 Å². The molecule has 8 nitrogen and oxygen atoms in total. The van der Waals surface area contributed by atoms with E-state index in [0.717, 1.165) is 6.26 Å². The summed E-state index contributed by atoms with van der Waals surface area (Å²) in [6.07, 6.45) is 1.22. The van der Waals surface area contributed by atoms with Gasteiger partial charge in [0.2, 0.25) is 20.0 Å². The molecule has 0 bridgehead atoms. The van der Waals surface area contributed by atoms with Crippen LogP contribution >= 0.6 is 0 Å². The second-order valence-electron chi connectivity index (χ2n) is 8.84. The normalized spacial score (nSPS) is 22.3. The van der Waals surface area contributed by atoms with Crippen molar-refractivity contribution in [1.82, 2.24) is 8.61 Å². The Morgan fingerprint density at radius 2 is 1.97 bits per heavy atom. The zero-order valence-electron chi connectivity index (χ0n) is 19.6. The number of hydrogen-bond acceptors (Lipinski definition) is 6. The van der Waals surface area contributed by atoms with Crippen molar-refractivity contribution in [2.24, 2.45) is 11.8 Å². The van der Waals surface area contributed by atoms with Crippen molar-refractivity contribution in [1.29, 1.82) is 0 Å². The fourth-order valence-electron chi connectivity index (χ4n) is 3.27. The van der Waals surface area contributed by atoms with Crippen LogP contribution in [0.5, 0.6) is 5.75 Å². The average molecular weight is 487 g/mol. The molecule has 0 aromatic heterocycles. The average Bonchev–Trinajstić information content (AvgIpc) is 2.68. The van der Waals surface area contributed by atoms with E-state index in [9.17, 15) is 21.9 Å². The first-order valence-electron chi connectivity index (χ1n) is 10.6. The second kappa shape index (κ2) is 10.5. The number of benzene rings is 1. The maximum Gasteiger partial charge on any atom is 0.247 e. The number of ether oxygens (including phenoxy) is 1. The molecular formula is C22H34N2O6S2. The van der Waals surface area contributed by atoms with Crippen molar-refractivity contribution in [3.05, 3.63) is 23.8 Å². The molecule has 1 N–H and O–H groups in total. The number of sulfonamides is 2. The SMILES string of the molecule is CC(C)CC#Cc1ccc2c(c1)O[C@H](CN(C)S(C)(=O)=O)[C@@H](C)CN([C@@H](C)CO)S2(=O)=O. The Kier molecular flexibility index (Phi) is 8.76. The minimum atomic E-state index is -3.95. The molecule has 1 heterocycles. The zero-order chi connectivity index (χ0) is 24.3. The van der Waals surface area contributed by atoms with Crippen molar-refractivity contribution in [3.8, 4) is 17.6 Å². The van der Waals surface area contributed by atoms with E-state index < -0.39 is 32.2 Å². The Balaban J connectivity index is 2.59. The Morgan fingerprint density at radius 1 is 1.31 bits per heavy atom. The van der Waals surface area contributed by atoms with E-state index in [0.29, 0.717) is 17.9 Å². The topological polar surface area (TPSA) is 104 Å². The monoisotopic (exact) mass is 486 g/mol. The molecule has 1 aromatic carbocycles. The maximum absolute atomic E-state index is 13.4. The lowest BCUT2D eigenvalue weighted by atomic mass is 10.0. The predicted molar refractivity (Wildman–Crippen MR) is 124 cm³/mol. The van der Waals surface area contributed by atoms with Crippen LogP contribution in [-0.2, 0) is 20.0 Å². The number of hydrogen-bond donors (Lipinski definition) is 1. The van der Waals surface area contributed by atoms with Gasteiger partial charge in [-0.25, -0.2) is 21.1 Å². The summed E-state index contributed by atoms with van der Waals surface area (Å²) in [5.41, 5.74) is 0.616. The van der Waals surface area contributed by atoms with Crippen LogP contribution in [0, 0.1) is 23.7 Å². The number of aliphatic hydroxyl groups is 1. The minimum absolute atomic E-state index is 0.0221. The summed E-state index contributed by atoms with van der Waals surface area (Å²) in [6, 6.07) is 4.05. The highest BCUT2D eigenvalue weighted by molar-refractivity contribution is 7.89. The van der Waals surface area contributed by atoms with E-state index in [-0.39, 0.29) is 36.3 Å². The van der Waals surface area contributed by atoms with Gasteiger partial charge in [0, 0.05) is 37.5 Å². The highest BCUT2D eigenvalue weighted by atomic mass is 32.2. The molecule has 1 aromatic rings. The van der Waals surface area contributed by atoms with Crippen LogP contribution in [0.15, 0.2) is 23.1 Å². The number of fused-ring (bicyclic) bond motifs is 1. The molecular weight excluding hydrogens is 452 g/mol. The summed E-state index contributed by atoms with van der Waals surface area (Å²) in [6.45, 7) is 7.37. The van der Waals surface area contributed by atoms with Crippen molar-refractivity contribution < 1.29 is 26.7 Å². The molecule has 0 radical (unpaired) electrons. The predicted octanol–water partition coefficient (Wildman–Crippen LogP) is 1.74. The Labute approximate surface area is 192 Å². The van der Waals surface area contributed by atoms with Crippen molar-refractivity contribution in [2.75, 3.05) is 33.0 Å². The van der Waals surface area contributed by atoms with E-state index in [1.807, 2.05) is 6.92 Å². The van der Waals surface area contributed by atoms with Gasteiger partial charge in [0.1, 0.15) is 16.7 Å². The summed E-state index contributed by atoms with van der Waals surface area (Å²) in [5.74, 6) is 6.32. The van der Waals surface area contributed by atoms with Crippen molar-refractivity contribution >= 4 is 20.0 Å². The molecule has 0 saturated heterocycles. The van der Waals surface area contributed by atoms with Crippen LogP contribution in [0.2, 0.25) is 0 Å². The molecule has 0 spiro atoms. The molecule has 3 atom stereocenters. The molecule has 0 aliphatic carbocycles. The van der Waals surface area contributed by atoms with Crippen molar-refractivity contribution in [2.45, 2.75) is 51.2 Å². The van der Waals surface area contributed by atoms with Crippen LogP contribution in [0.3, 0.4) is 0 Å². The lowest BCUT2D eigenvalue weighted by Gasteiger charge is -2.37. The standard InChI is InChI=1S/C22H34N2O6S2/c1-16(2)8-7-9-19-10-11-22-20(12-19)30-21(14-23(5)31(6,26)27)17(3)13-24(18(4)15-25)32(22,28)29/h10-12,16-18,21,25H,8,13-15H2,1-6H3/t17-,18-,21+/m0/s1. The Morgan fingerprint density at radius 3 is 2.53 bits per heavy atom. The lowest BCUT2D eigenvalue weighted by molar-refractivity contribution is 0.0905. The van der Waals surface area contributed by atoms with Gasteiger partial charge in [-0.3, -0.25) is 0 Å². The van der Waals surface area contributed by atoms with Gasteiger partial charge in [-0.15, -0.1) is 0 Å². The largest absolute Gasteiger partial charge is 0.487 e. The summed E-state index contributed by atoms with van der Waals surface area (Å²) in [4.78, 5) is -0.0221. The van der Waals surface area contributed by atoms with Gasteiger partial charge in [0.15, 0.2) is 0 Å². The van der Waals surface area contributed by atoms with E-state index >= 15 is 0 Å². The van der Waals surface area contributed by atoms with Crippen LogP contribution in [-0.4, -0.2) is 75.7 Å². The molecule has 0 unspecified atom stereocenters. The third-order valence-corrected chi connectivity index (χ3v) is 8.71. The van der Waals surface area contributed by atoms with Gasteiger partial charge in [-0.2, -0.15) is 4.31 Å². The molecule has 1 aliphatic rings. The fourth-order valence-corrected chi connectivity index (χ4v) is 5.51. The molecule has 1 aliphatic heterocycles. The highest BCUT2D eigenvalue weighted by Crippen LogP contribution is 2.34. The minimum Gasteiger partial charge on any atom is -0.487 e. The van der Waals surface area contributed by atoms with Gasteiger partial charge in [0.25, 0.3) is 0 Å². The Bertz CT molecular complexity index is 1070. The molecule has 0 amide bonds. The number of likely N-dealkylation sites (N-methyl/N-ethyl adjacent to an activating group) is 1. The summed E-state index contributed by atoms with van der Waals surface area (Å²) in [5, 5.41) is 9.68. The van der Waals surface area contributed by atoms with Gasteiger partial charge in [0.05, 0.1) is 19.4 Å². The third kappa shape index (κ3) is 6.45. The van der Waals surface area contributed by atoms with Crippen LogP contribution in [0.1, 0.15) is 39.7 Å². The van der Waals surface area contributed by atoms with Gasteiger partial charge in [-0.05, 0) is 31.0 Å². The smallest absolute Gasteiger partial charge is 0.247 e. The number of aliphatic hydroxyl groups excluding tert-OH is 1. The molecule has 2 rings (SSSR count). The fraction of sp³-hybridized carbons (Fsp3) is 0.636. The first kappa shape index (κ1) is 26.6. The molecule has 180 valence electrons. The first-order valence-corrected chi connectivity index (χ1v) is 13.9. The van der Waals surface area contributed by atoms with E-state index in [1.54, 1.807) is 19.1 Å². The van der Waals surface area contributed by atoms with Crippen LogP contribution in [0.4, 0.5) is 0 Å². The summed E-state index contributed by atoms with van der Waals surface area (Å²) < 4.78 is 59.4. The molecule has 10 heteroatoms. The summed E-state index contributed by atoms with van der Waals surface area (Å²) >= 11 is 0. The molecule has 0 saturated carbocycles. The quantitative estimate of drug-likeness (QED) is 0.615. The van der Waals surface area contributed by atoms with E-state index in [4.69, 9.17) is 4.74 Å². The zero-order valence-corrected chi connectivity index (χ0v) is 21.2. The van der Waals surface area contributed by atoms with Crippen LogP contribution < -0.4 is 4.74 Å². The van der Waals surface area contributed by atoms with Gasteiger partial charge in [-0.1, -0.05) is 32.6 Å². The summed E-state index contributed by atoms with van der Waals surface area (Å²) in [7, 11) is -5.94. The lowest BCUT2D eigenvalue weighted by Crippen LogP contribution is -2.50. The van der Waals surface area contributed by atoms with Gasteiger partial charge >= 0.3 is 0 Å². The second-order valence-corrected chi connectivity index (χ2v) is 12.8. The molecule has 0 fully saturated rings. The van der Waals surface area contributed by atoms with E-state index in [1.165, 1.54) is 21.7 Å². The highest BCUT2D eigenvalue weighted by Gasteiger charge is 2.38. The maximum atomic E-state index is 13.4. The van der Waals surface area contributed by atoms with E-state index in [2.05, 4.69) is 25.7 Å². The number of rotatable bonds is 6. The van der Waals surface area contributed by atoms with Gasteiger partial charge < -0.3 is 9.84 Å². The Hall–Kier alpha value is -1.64. The number of nitrogens with zero attached hydrogens (tertiary/aromatic N) is 2. The molecule has 32 heavy (non-hydrogen) atoms.